The molecule has 0 bridgehead atoms. The zero-order chi connectivity index (χ0) is 13.0. The Labute approximate surface area is 113 Å². The van der Waals surface area contributed by atoms with Crippen molar-refractivity contribution in [1.29, 1.82) is 0 Å². The van der Waals surface area contributed by atoms with Gasteiger partial charge in [0.25, 0.3) is 5.88 Å². The summed E-state index contributed by atoms with van der Waals surface area (Å²) in [7, 11) is 3.28. The molecule has 0 radical (unpaired) electrons. The Balaban J connectivity index is 2.34. The zero-order valence-electron chi connectivity index (χ0n) is 9.85. The number of nitrogens with zero attached hydrogens (tertiary/aromatic N) is 3. The number of hydrogen-bond donors (Lipinski definition) is 1. The van der Waals surface area contributed by atoms with Crippen LogP contribution in [0, 0.1) is 0 Å². The highest BCUT2D eigenvalue weighted by Gasteiger charge is 2.13. The van der Waals surface area contributed by atoms with Crippen LogP contribution in [0.3, 0.4) is 0 Å². The Morgan fingerprint density at radius 1 is 1.28 bits per heavy atom. The van der Waals surface area contributed by atoms with Gasteiger partial charge in [-0.15, -0.1) is 0 Å². The third-order valence-electron chi connectivity index (χ3n) is 2.11. The molecule has 18 heavy (non-hydrogen) atoms. The van der Waals surface area contributed by atoms with Crippen LogP contribution in [-0.4, -0.2) is 29.1 Å². The first-order valence-corrected chi connectivity index (χ1v) is 5.89. The molecule has 0 aliphatic heterocycles. The van der Waals surface area contributed by atoms with Gasteiger partial charge in [-0.25, -0.2) is 4.98 Å². The molecule has 2 aromatic heterocycles. The van der Waals surface area contributed by atoms with Crippen molar-refractivity contribution in [3.8, 4) is 17.4 Å². The highest BCUT2D eigenvalue weighted by atomic mass is 79.9. The van der Waals surface area contributed by atoms with Crippen LogP contribution >= 0.6 is 15.9 Å². The maximum atomic E-state index is 5.62. The van der Waals surface area contributed by atoms with E-state index in [9.17, 15) is 0 Å². The Hall–Kier alpha value is -1.89. The molecule has 94 valence electrons. The zero-order valence-corrected chi connectivity index (χ0v) is 11.4. The fourth-order valence-corrected chi connectivity index (χ4v) is 1.70. The lowest BCUT2D eigenvalue weighted by Crippen LogP contribution is -2.01. The average molecular weight is 311 g/mol. The third-order valence-corrected chi connectivity index (χ3v) is 2.54. The van der Waals surface area contributed by atoms with E-state index < -0.39 is 0 Å². The summed E-state index contributed by atoms with van der Waals surface area (Å²) in [6.45, 7) is 0. The SMILES string of the molecule is CNc1ncnc(Oc2cncc(Br)c2)c1OC. The van der Waals surface area contributed by atoms with Gasteiger partial charge in [-0.05, 0) is 22.0 Å². The number of aromatic nitrogens is 3. The molecule has 0 amide bonds. The number of rotatable bonds is 4. The fraction of sp³-hybridized carbons (Fsp3) is 0.182. The Kier molecular flexibility index (Phi) is 3.93. The summed E-state index contributed by atoms with van der Waals surface area (Å²) in [6, 6.07) is 1.79. The molecule has 0 aliphatic carbocycles. The van der Waals surface area contributed by atoms with E-state index in [2.05, 4.69) is 36.2 Å². The van der Waals surface area contributed by atoms with Gasteiger partial charge < -0.3 is 14.8 Å². The summed E-state index contributed by atoms with van der Waals surface area (Å²) < 4.78 is 11.7. The van der Waals surface area contributed by atoms with Gasteiger partial charge >= 0.3 is 0 Å². The summed E-state index contributed by atoms with van der Waals surface area (Å²) in [5.74, 6) is 1.89. The van der Waals surface area contributed by atoms with Crippen molar-refractivity contribution in [2.45, 2.75) is 0 Å². The van der Waals surface area contributed by atoms with Gasteiger partial charge in [0.1, 0.15) is 12.1 Å². The van der Waals surface area contributed by atoms with E-state index in [0.717, 1.165) is 4.47 Å². The minimum absolute atomic E-state index is 0.330. The molecule has 0 unspecified atom stereocenters. The highest BCUT2D eigenvalue weighted by molar-refractivity contribution is 9.10. The second-order valence-corrected chi connectivity index (χ2v) is 4.17. The summed E-state index contributed by atoms with van der Waals surface area (Å²) in [6.07, 6.45) is 4.66. The van der Waals surface area contributed by atoms with E-state index in [0.29, 0.717) is 23.2 Å². The molecule has 7 heteroatoms. The van der Waals surface area contributed by atoms with Crippen LogP contribution in [-0.2, 0) is 0 Å². The summed E-state index contributed by atoms with van der Waals surface area (Å²) in [5.41, 5.74) is 0. The largest absolute Gasteiger partial charge is 0.489 e. The predicted molar refractivity (Wildman–Crippen MR) is 70.1 cm³/mol. The highest BCUT2D eigenvalue weighted by Crippen LogP contribution is 2.34. The molecule has 0 aliphatic rings. The minimum Gasteiger partial charge on any atom is -0.489 e. The average Bonchev–Trinajstić information content (AvgIpc) is 2.38. The van der Waals surface area contributed by atoms with E-state index in [4.69, 9.17) is 9.47 Å². The van der Waals surface area contributed by atoms with Crippen molar-refractivity contribution in [2.24, 2.45) is 0 Å². The number of nitrogens with one attached hydrogen (secondary N) is 1. The van der Waals surface area contributed by atoms with Gasteiger partial charge in [0.2, 0.25) is 5.75 Å². The normalized spacial score (nSPS) is 9.94. The smallest absolute Gasteiger partial charge is 0.268 e. The number of pyridine rings is 1. The van der Waals surface area contributed by atoms with Gasteiger partial charge in [0.15, 0.2) is 5.82 Å². The molecule has 0 saturated heterocycles. The van der Waals surface area contributed by atoms with Crippen LogP contribution in [0.2, 0.25) is 0 Å². The summed E-state index contributed by atoms with van der Waals surface area (Å²) in [5, 5.41) is 2.90. The lowest BCUT2D eigenvalue weighted by Gasteiger charge is -2.11. The van der Waals surface area contributed by atoms with Crippen molar-refractivity contribution < 1.29 is 9.47 Å². The van der Waals surface area contributed by atoms with Crippen LogP contribution in [0.4, 0.5) is 5.82 Å². The second kappa shape index (κ2) is 5.63. The standard InChI is InChI=1S/C11H11BrN4O2/c1-13-10-9(17-2)11(16-6-15-10)18-8-3-7(12)4-14-5-8/h3-6H,1-2H3,(H,13,15,16). The fourth-order valence-electron chi connectivity index (χ4n) is 1.35. The van der Waals surface area contributed by atoms with Crippen molar-refractivity contribution in [1.82, 2.24) is 15.0 Å². The maximum absolute atomic E-state index is 5.62. The molecular weight excluding hydrogens is 300 g/mol. The molecule has 6 nitrogen and oxygen atoms in total. The summed E-state index contributed by atoms with van der Waals surface area (Å²) >= 11 is 3.32. The van der Waals surface area contributed by atoms with Crippen molar-refractivity contribution in [3.05, 3.63) is 29.3 Å². The van der Waals surface area contributed by atoms with E-state index in [1.807, 2.05) is 0 Å². The predicted octanol–water partition coefficient (Wildman–Crippen LogP) is 2.48. The molecule has 0 spiro atoms. The Morgan fingerprint density at radius 2 is 2.11 bits per heavy atom. The molecule has 0 saturated carbocycles. The van der Waals surface area contributed by atoms with Crippen LogP contribution in [0.25, 0.3) is 0 Å². The van der Waals surface area contributed by atoms with E-state index >= 15 is 0 Å². The van der Waals surface area contributed by atoms with Gasteiger partial charge in [0.05, 0.1) is 13.3 Å². The first kappa shape index (κ1) is 12.6. The number of halogens is 1. The van der Waals surface area contributed by atoms with Crippen molar-refractivity contribution >= 4 is 21.7 Å². The Morgan fingerprint density at radius 3 is 2.78 bits per heavy atom. The molecule has 2 rings (SSSR count). The molecule has 1 N–H and O–H groups in total. The molecule has 0 aromatic carbocycles. The lowest BCUT2D eigenvalue weighted by molar-refractivity contribution is 0.368. The summed E-state index contributed by atoms with van der Waals surface area (Å²) in [4.78, 5) is 12.1. The van der Waals surface area contributed by atoms with Crippen LogP contribution in [0.1, 0.15) is 0 Å². The third kappa shape index (κ3) is 2.67. The lowest BCUT2D eigenvalue weighted by atomic mass is 10.4. The van der Waals surface area contributed by atoms with E-state index in [1.165, 1.54) is 13.4 Å². The minimum atomic E-state index is 0.330. The molecule has 2 heterocycles. The molecule has 0 fully saturated rings. The number of methoxy groups -OCH3 is 1. The molecule has 0 atom stereocenters. The van der Waals surface area contributed by atoms with Crippen LogP contribution < -0.4 is 14.8 Å². The van der Waals surface area contributed by atoms with E-state index in [1.54, 1.807) is 25.5 Å². The van der Waals surface area contributed by atoms with Gasteiger partial charge in [-0.2, -0.15) is 4.98 Å². The van der Waals surface area contributed by atoms with Crippen molar-refractivity contribution in [2.75, 3.05) is 19.5 Å². The first-order chi connectivity index (χ1) is 8.74. The topological polar surface area (TPSA) is 69.2 Å². The first-order valence-electron chi connectivity index (χ1n) is 5.09. The van der Waals surface area contributed by atoms with Crippen LogP contribution in [0.15, 0.2) is 29.3 Å². The quantitative estimate of drug-likeness (QED) is 0.935. The monoisotopic (exact) mass is 310 g/mol. The van der Waals surface area contributed by atoms with Gasteiger partial charge in [-0.1, -0.05) is 0 Å². The van der Waals surface area contributed by atoms with Crippen molar-refractivity contribution in [3.63, 3.8) is 0 Å². The number of hydrogen-bond acceptors (Lipinski definition) is 6. The number of ether oxygens (including phenoxy) is 2. The van der Waals surface area contributed by atoms with E-state index in [-0.39, 0.29) is 0 Å². The molecular formula is C11H11BrN4O2. The Bertz CT molecular complexity index is 550. The maximum Gasteiger partial charge on any atom is 0.268 e. The second-order valence-electron chi connectivity index (χ2n) is 3.25. The van der Waals surface area contributed by atoms with Gasteiger partial charge in [-0.3, -0.25) is 4.98 Å². The number of anilines is 1. The molecule has 2 aromatic rings. The van der Waals surface area contributed by atoms with Crippen LogP contribution in [0.5, 0.6) is 17.4 Å². The van der Waals surface area contributed by atoms with Gasteiger partial charge in [0, 0.05) is 17.7 Å².